The summed E-state index contributed by atoms with van der Waals surface area (Å²) in [5.41, 5.74) is 0.405. The monoisotopic (exact) mass is 496 g/mol. The number of hydrogen-bond acceptors (Lipinski definition) is 9. The zero-order valence-corrected chi connectivity index (χ0v) is 20.4. The number of hydrogen-bond donors (Lipinski definition) is 2. The quantitative estimate of drug-likeness (QED) is 0.380. The molecule has 3 rings (SSSR count). The average molecular weight is 497 g/mol. The van der Waals surface area contributed by atoms with E-state index < -0.39 is 15.9 Å². The smallest absolute Gasteiger partial charge is 0.280 e. The summed E-state index contributed by atoms with van der Waals surface area (Å²) >= 11 is 1.33. The lowest BCUT2D eigenvalue weighted by Gasteiger charge is -2.16. The van der Waals surface area contributed by atoms with Crippen molar-refractivity contribution in [1.29, 1.82) is 0 Å². The lowest BCUT2D eigenvalue weighted by molar-refractivity contribution is -0.110. The van der Waals surface area contributed by atoms with Crippen molar-refractivity contribution in [2.24, 2.45) is 5.16 Å². The molecule has 2 aromatic rings. The fraction of sp³-hybridized carbons (Fsp3) is 0.476. The van der Waals surface area contributed by atoms with Gasteiger partial charge in [-0.05, 0) is 31.9 Å². The van der Waals surface area contributed by atoms with Crippen LogP contribution in [0.4, 0.5) is 5.13 Å². The number of oxime groups is 1. The SMILES string of the molecule is CO[C@@H]1CC[C@@H](ON=C(C(=O)Nc2ncc(C)s2)c2ccc(S(=O)(=O)N(C)CCO)cc2)C1. The standard InChI is InChI=1S/C21H28N4O6S2/c1-14-13-22-21(32-14)23-20(27)19(24-31-17-7-6-16(12-17)30-3)15-4-8-18(9-5-15)33(28,29)25(2)10-11-26/h4-5,8-9,13,16-17,26H,6-7,10-12H2,1-3H3,(H,22,23,27)/t16-,17-/m1/s1. The Labute approximate surface area is 197 Å². The number of aliphatic hydroxyl groups excluding tert-OH is 1. The Bertz CT molecular complexity index is 1080. The predicted octanol–water partition coefficient (Wildman–Crippen LogP) is 1.99. The van der Waals surface area contributed by atoms with Crippen LogP contribution >= 0.6 is 11.3 Å². The van der Waals surface area contributed by atoms with Crippen LogP contribution in [0.2, 0.25) is 0 Å². The molecule has 1 fully saturated rings. The molecule has 1 saturated carbocycles. The Hall–Kier alpha value is -2.38. The summed E-state index contributed by atoms with van der Waals surface area (Å²) in [6.45, 7) is 1.57. The predicted molar refractivity (Wildman–Crippen MR) is 125 cm³/mol. The van der Waals surface area contributed by atoms with E-state index in [9.17, 15) is 13.2 Å². The molecule has 1 amide bonds. The average Bonchev–Trinajstić information content (AvgIpc) is 3.43. The molecule has 2 N–H and O–H groups in total. The van der Waals surface area contributed by atoms with E-state index in [1.807, 2.05) is 6.92 Å². The van der Waals surface area contributed by atoms with Gasteiger partial charge in [-0.2, -0.15) is 4.31 Å². The van der Waals surface area contributed by atoms with Crippen LogP contribution < -0.4 is 5.32 Å². The van der Waals surface area contributed by atoms with E-state index >= 15 is 0 Å². The number of nitrogens with one attached hydrogen (secondary N) is 1. The van der Waals surface area contributed by atoms with Crippen molar-refractivity contribution in [2.45, 2.75) is 43.3 Å². The van der Waals surface area contributed by atoms with Crippen molar-refractivity contribution in [3.63, 3.8) is 0 Å². The minimum absolute atomic E-state index is 0.0105. The van der Waals surface area contributed by atoms with E-state index in [0.717, 1.165) is 22.0 Å². The number of rotatable bonds is 10. The summed E-state index contributed by atoms with van der Waals surface area (Å²) in [7, 11) is -0.726. The van der Waals surface area contributed by atoms with Crippen LogP contribution in [-0.2, 0) is 24.4 Å². The van der Waals surface area contributed by atoms with Crippen molar-refractivity contribution < 1.29 is 27.9 Å². The van der Waals surface area contributed by atoms with Crippen LogP contribution in [-0.4, -0.2) is 73.9 Å². The molecule has 0 saturated heterocycles. The topological polar surface area (TPSA) is 130 Å². The maximum absolute atomic E-state index is 13.0. The third-order valence-electron chi connectivity index (χ3n) is 5.27. The zero-order valence-electron chi connectivity index (χ0n) is 18.7. The molecule has 2 atom stereocenters. The molecule has 12 heteroatoms. The Balaban J connectivity index is 1.85. The lowest BCUT2D eigenvalue weighted by Crippen LogP contribution is -2.29. The molecule has 1 heterocycles. The van der Waals surface area contributed by atoms with Crippen molar-refractivity contribution in [2.75, 3.05) is 32.6 Å². The number of carbonyl (C=O) groups is 1. The fourth-order valence-electron chi connectivity index (χ4n) is 3.36. The van der Waals surface area contributed by atoms with Crippen LogP contribution in [0.3, 0.4) is 0 Å². The Morgan fingerprint density at radius 2 is 2.00 bits per heavy atom. The van der Waals surface area contributed by atoms with Gasteiger partial charge < -0.3 is 14.7 Å². The van der Waals surface area contributed by atoms with E-state index in [1.165, 1.54) is 42.6 Å². The molecule has 0 radical (unpaired) electrons. The molecular formula is C21H28N4O6S2. The number of sulfonamides is 1. The highest BCUT2D eigenvalue weighted by Crippen LogP contribution is 2.25. The Morgan fingerprint density at radius 1 is 1.30 bits per heavy atom. The van der Waals surface area contributed by atoms with Crippen LogP contribution in [0.25, 0.3) is 0 Å². The number of aryl methyl sites for hydroxylation is 1. The highest BCUT2D eigenvalue weighted by molar-refractivity contribution is 7.89. The molecule has 0 unspecified atom stereocenters. The van der Waals surface area contributed by atoms with Crippen LogP contribution in [0.1, 0.15) is 29.7 Å². The van der Waals surface area contributed by atoms with Gasteiger partial charge in [0.25, 0.3) is 5.91 Å². The molecule has 0 bridgehead atoms. The van der Waals surface area contributed by atoms with Gasteiger partial charge >= 0.3 is 0 Å². The Morgan fingerprint density at radius 3 is 2.58 bits per heavy atom. The molecular weight excluding hydrogens is 468 g/mol. The number of aromatic nitrogens is 1. The molecule has 33 heavy (non-hydrogen) atoms. The first-order valence-corrected chi connectivity index (χ1v) is 12.7. The van der Waals surface area contributed by atoms with E-state index in [2.05, 4.69) is 15.5 Å². The maximum atomic E-state index is 13.0. The summed E-state index contributed by atoms with van der Waals surface area (Å²) in [6.07, 6.45) is 3.86. The van der Waals surface area contributed by atoms with Crippen molar-refractivity contribution >= 4 is 38.1 Å². The molecule has 0 spiro atoms. The highest BCUT2D eigenvalue weighted by atomic mass is 32.2. The number of benzene rings is 1. The number of likely N-dealkylation sites (N-methyl/N-ethyl adjacent to an activating group) is 1. The van der Waals surface area contributed by atoms with Gasteiger partial charge in [0.2, 0.25) is 10.0 Å². The van der Waals surface area contributed by atoms with Gasteiger partial charge in [-0.15, -0.1) is 11.3 Å². The first kappa shape index (κ1) is 25.2. The maximum Gasteiger partial charge on any atom is 0.280 e. The van der Waals surface area contributed by atoms with Gasteiger partial charge in [-0.3, -0.25) is 10.1 Å². The number of nitrogens with zero attached hydrogens (tertiary/aromatic N) is 3. The van der Waals surface area contributed by atoms with E-state index in [-0.39, 0.29) is 36.0 Å². The highest BCUT2D eigenvalue weighted by Gasteiger charge is 2.27. The summed E-state index contributed by atoms with van der Waals surface area (Å²) in [5, 5.41) is 16.3. The second-order valence-corrected chi connectivity index (χ2v) is 10.9. The number of aliphatic hydroxyl groups is 1. The molecule has 180 valence electrons. The molecule has 0 aliphatic heterocycles. The summed E-state index contributed by atoms with van der Waals surface area (Å²) < 4.78 is 31.6. The lowest BCUT2D eigenvalue weighted by atomic mass is 10.1. The van der Waals surface area contributed by atoms with Gasteiger partial charge in [0.1, 0.15) is 6.10 Å². The number of amides is 1. The van der Waals surface area contributed by atoms with Crippen LogP contribution in [0.15, 0.2) is 40.5 Å². The van der Waals surface area contributed by atoms with E-state index in [4.69, 9.17) is 14.7 Å². The van der Waals surface area contributed by atoms with E-state index in [0.29, 0.717) is 17.1 Å². The fourth-order valence-corrected chi connectivity index (χ4v) is 5.18. The molecule has 1 aromatic heterocycles. The van der Waals surface area contributed by atoms with E-state index in [1.54, 1.807) is 13.3 Å². The molecule has 1 aliphatic rings. The second-order valence-electron chi connectivity index (χ2n) is 7.64. The van der Waals surface area contributed by atoms with Gasteiger partial charge in [0.15, 0.2) is 10.8 Å². The van der Waals surface area contributed by atoms with Crippen molar-refractivity contribution in [3.8, 4) is 0 Å². The van der Waals surface area contributed by atoms with Gasteiger partial charge in [-0.25, -0.2) is 13.4 Å². The second kappa shape index (κ2) is 11.2. The minimum atomic E-state index is -3.76. The zero-order chi connectivity index (χ0) is 24.0. The first-order chi connectivity index (χ1) is 15.7. The third-order valence-corrected chi connectivity index (χ3v) is 7.97. The number of thiazole rings is 1. The summed E-state index contributed by atoms with van der Waals surface area (Å²) in [4.78, 5) is 23.8. The first-order valence-electron chi connectivity index (χ1n) is 10.4. The minimum Gasteiger partial charge on any atom is -0.395 e. The van der Waals surface area contributed by atoms with Gasteiger partial charge in [-0.1, -0.05) is 17.3 Å². The molecule has 10 nitrogen and oxygen atoms in total. The number of methoxy groups -OCH3 is 1. The van der Waals surface area contributed by atoms with Crippen molar-refractivity contribution in [3.05, 3.63) is 40.9 Å². The van der Waals surface area contributed by atoms with Gasteiger partial charge in [0, 0.05) is 43.8 Å². The van der Waals surface area contributed by atoms with Crippen LogP contribution in [0, 0.1) is 6.92 Å². The number of anilines is 1. The van der Waals surface area contributed by atoms with Crippen LogP contribution in [0.5, 0.6) is 0 Å². The number of ether oxygens (including phenoxy) is 1. The molecule has 1 aromatic carbocycles. The van der Waals surface area contributed by atoms with Gasteiger partial charge in [0.05, 0.1) is 17.6 Å². The Kier molecular flexibility index (Phi) is 8.54. The normalized spacial score (nSPS) is 19.1. The van der Waals surface area contributed by atoms with Crippen molar-refractivity contribution in [1.82, 2.24) is 9.29 Å². The third kappa shape index (κ3) is 6.36. The number of carbonyl (C=O) groups excluding carboxylic acids is 1. The summed E-state index contributed by atoms with van der Waals surface area (Å²) in [5.74, 6) is -0.515. The largest absolute Gasteiger partial charge is 0.395 e. The summed E-state index contributed by atoms with van der Waals surface area (Å²) in [6, 6.07) is 5.79. The molecule has 1 aliphatic carbocycles.